The smallest absolute Gasteiger partial charge is 0.0541 e. The van der Waals surface area contributed by atoms with Crippen molar-refractivity contribution in [2.24, 2.45) is 0 Å². The molecule has 124 valence electrons. The minimum absolute atomic E-state index is 1.22. The molecule has 0 unspecified atom stereocenters. The van der Waals surface area contributed by atoms with E-state index >= 15 is 0 Å². The molecule has 0 fully saturated rings. The zero-order chi connectivity index (χ0) is 17.6. The van der Waals surface area contributed by atoms with Gasteiger partial charge in [0.1, 0.15) is 0 Å². The second-order valence-corrected chi connectivity index (χ2v) is 5.97. The molecule has 1 heteroatoms. The number of benzene rings is 3. The molecule has 0 bridgehead atoms. The van der Waals surface area contributed by atoms with Crippen molar-refractivity contribution in [1.82, 2.24) is 4.57 Å². The first kappa shape index (κ1) is 16.8. The molecule has 25 heavy (non-hydrogen) atoms. The Morgan fingerprint density at radius 3 is 1.72 bits per heavy atom. The van der Waals surface area contributed by atoms with Gasteiger partial charge in [0.05, 0.1) is 11.0 Å². The minimum Gasteiger partial charge on any atom is -0.309 e. The van der Waals surface area contributed by atoms with Crippen LogP contribution in [0.2, 0.25) is 0 Å². The van der Waals surface area contributed by atoms with Crippen LogP contribution < -0.4 is 0 Å². The van der Waals surface area contributed by atoms with Gasteiger partial charge in [-0.2, -0.15) is 0 Å². The average molecular weight is 325 g/mol. The van der Waals surface area contributed by atoms with E-state index in [0.717, 1.165) is 0 Å². The van der Waals surface area contributed by atoms with E-state index in [0.29, 0.717) is 0 Å². The maximum absolute atomic E-state index is 3.46. The van der Waals surface area contributed by atoms with Gasteiger partial charge < -0.3 is 4.57 Å². The summed E-state index contributed by atoms with van der Waals surface area (Å²) >= 11 is 0. The highest BCUT2D eigenvalue weighted by Crippen LogP contribution is 2.31. The maximum atomic E-state index is 3.46. The zero-order valence-electron chi connectivity index (χ0n) is 14.8. The summed E-state index contributed by atoms with van der Waals surface area (Å²) in [5.41, 5.74) is 5.03. The number of rotatable bonds is 2. The average Bonchev–Trinajstić information content (AvgIpc) is 2.98. The van der Waals surface area contributed by atoms with Crippen molar-refractivity contribution >= 4 is 21.8 Å². The molecule has 1 heterocycles. The topological polar surface area (TPSA) is 4.93 Å². The van der Waals surface area contributed by atoms with Gasteiger partial charge in [0.25, 0.3) is 0 Å². The number of hydrogen-bond acceptors (Lipinski definition) is 0. The van der Waals surface area contributed by atoms with Gasteiger partial charge >= 0.3 is 0 Å². The third-order valence-corrected chi connectivity index (χ3v) is 4.20. The minimum atomic E-state index is 1.22. The van der Waals surface area contributed by atoms with Gasteiger partial charge in [-0.25, -0.2) is 0 Å². The van der Waals surface area contributed by atoms with E-state index in [-0.39, 0.29) is 0 Å². The predicted molar refractivity (Wildman–Crippen MR) is 111 cm³/mol. The van der Waals surface area contributed by atoms with Gasteiger partial charge in [0.2, 0.25) is 0 Å². The number of aromatic nitrogens is 1. The molecule has 0 saturated heterocycles. The monoisotopic (exact) mass is 325 g/mol. The fourth-order valence-electron chi connectivity index (χ4n) is 3.03. The lowest BCUT2D eigenvalue weighted by Gasteiger charge is -2.07. The summed E-state index contributed by atoms with van der Waals surface area (Å²) < 4.78 is 2.34. The molecule has 0 aliphatic rings. The Bertz CT molecular complexity index is 964. The molecule has 0 aliphatic heterocycles. The summed E-state index contributed by atoms with van der Waals surface area (Å²) in [5, 5.41) is 2.62. The number of fused-ring (bicyclic) bond motifs is 3. The molecule has 0 saturated carbocycles. The van der Waals surface area contributed by atoms with Crippen LogP contribution in [0.4, 0.5) is 0 Å². The zero-order valence-corrected chi connectivity index (χ0v) is 14.8. The predicted octanol–water partition coefficient (Wildman–Crippen LogP) is 6.84. The third kappa shape index (κ3) is 3.41. The number of allylic oxidation sites excluding steroid dienone is 3. The lowest BCUT2D eigenvalue weighted by atomic mass is 10.2. The standard InChI is InChI=1S/C19H15N.C5H8/c1-14-10-12-15(13-11-14)20-18-8-4-2-6-16(18)17-7-3-5-9-19(17)20;1-3-5-4-2/h2-13H,1H3;3-5H,1H2,2H3/b;5-4-. The SMILES string of the molecule is C=C/C=C\C.Cc1ccc(-n2c3ccccc3c3ccccc32)cc1. The van der Waals surface area contributed by atoms with Crippen molar-refractivity contribution in [2.45, 2.75) is 13.8 Å². The van der Waals surface area contributed by atoms with Crippen LogP contribution in [0, 0.1) is 6.92 Å². The van der Waals surface area contributed by atoms with Crippen LogP contribution in [0.1, 0.15) is 12.5 Å². The van der Waals surface area contributed by atoms with Crippen molar-refractivity contribution in [1.29, 1.82) is 0 Å². The van der Waals surface area contributed by atoms with Crippen molar-refractivity contribution in [3.63, 3.8) is 0 Å². The number of aryl methyl sites for hydroxylation is 1. The maximum Gasteiger partial charge on any atom is 0.0541 e. The van der Waals surface area contributed by atoms with Crippen molar-refractivity contribution in [3.8, 4) is 5.69 Å². The molecule has 0 atom stereocenters. The van der Waals surface area contributed by atoms with E-state index in [2.05, 4.69) is 90.9 Å². The normalized spacial score (nSPS) is 10.8. The van der Waals surface area contributed by atoms with Crippen LogP contribution >= 0.6 is 0 Å². The quantitative estimate of drug-likeness (QED) is 0.355. The molecular formula is C24H23N. The molecule has 4 rings (SSSR count). The van der Waals surface area contributed by atoms with E-state index in [1.54, 1.807) is 6.08 Å². The summed E-state index contributed by atoms with van der Waals surface area (Å²) in [7, 11) is 0. The van der Waals surface area contributed by atoms with Crippen molar-refractivity contribution in [3.05, 3.63) is 103 Å². The van der Waals surface area contributed by atoms with Gasteiger partial charge in [-0.1, -0.05) is 78.9 Å². The molecule has 0 radical (unpaired) electrons. The summed E-state index contributed by atoms with van der Waals surface area (Å²) in [5.74, 6) is 0. The molecule has 3 aromatic carbocycles. The molecule has 0 spiro atoms. The third-order valence-electron chi connectivity index (χ3n) is 4.20. The fraction of sp³-hybridized carbons (Fsp3) is 0.0833. The van der Waals surface area contributed by atoms with Crippen molar-refractivity contribution in [2.75, 3.05) is 0 Å². The van der Waals surface area contributed by atoms with E-state index in [1.165, 1.54) is 33.1 Å². The molecule has 0 N–H and O–H groups in total. The van der Waals surface area contributed by atoms with Crippen LogP contribution in [0.25, 0.3) is 27.5 Å². The van der Waals surface area contributed by atoms with Crippen LogP contribution in [0.3, 0.4) is 0 Å². The molecule has 4 aromatic rings. The summed E-state index contributed by atoms with van der Waals surface area (Å²) in [4.78, 5) is 0. The van der Waals surface area contributed by atoms with Crippen LogP contribution in [0.5, 0.6) is 0 Å². The van der Waals surface area contributed by atoms with E-state index in [9.17, 15) is 0 Å². The Hall–Kier alpha value is -3.06. The lowest BCUT2D eigenvalue weighted by molar-refractivity contribution is 1.17. The van der Waals surface area contributed by atoms with E-state index in [1.807, 2.05) is 19.1 Å². The Morgan fingerprint density at radius 1 is 0.760 bits per heavy atom. The van der Waals surface area contributed by atoms with Gasteiger partial charge in [0, 0.05) is 16.5 Å². The molecule has 1 aromatic heterocycles. The Kier molecular flexibility index (Phi) is 5.15. The first-order chi connectivity index (χ1) is 12.3. The van der Waals surface area contributed by atoms with Gasteiger partial charge in [-0.15, -0.1) is 0 Å². The van der Waals surface area contributed by atoms with Gasteiger partial charge in [-0.05, 0) is 38.1 Å². The molecule has 1 nitrogen and oxygen atoms in total. The highest BCUT2D eigenvalue weighted by molar-refractivity contribution is 6.09. The number of nitrogens with zero attached hydrogens (tertiary/aromatic N) is 1. The van der Waals surface area contributed by atoms with Crippen LogP contribution in [-0.2, 0) is 0 Å². The first-order valence-corrected chi connectivity index (χ1v) is 8.55. The second-order valence-electron chi connectivity index (χ2n) is 5.97. The second kappa shape index (κ2) is 7.67. The number of para-hydroxylation sites is 2. The van der Waals surface area contributed by atoms with Crippen LogP contribution in [0.15, 0.2) is 97.6 Å². The molecular weight excluding hydrogens is 302 g/mol. The highest BCUT2D eigenvalue weighted by atomic mass is 15.0. The largest absolute Gasteiger partial charge is 0.309 e. The summed E-state index contributed by atoms with van der Waals surface area (Å²) in [6.07, 6.45) is 5.58. The van der Waals surface area contributed by atoms with E-state index < -0.39 is 0 Å². The molecule has 0 aliphatic carbocycles. The van der Waals surface area contributed by atoms with Crippen LogP contribution in [-0.4, -0.2) is 4.57 Å². The van der Waals surface area contributed by atoms with E-state index in [4.69, 9.17) is 0 Å². The highest BCUT2D eigenvalue weighted by Gasteiger charge is 2.10. The lowest BCUT2D eigenvalue weighted by Crippen LogP contribution is -1.93. The Morgan fingerprint density at radius 2 is 1.28 bits per heavy atom. The summed E-state index contributed by atoms with van der Waals surface area (Å²) in [6, 6.07) is 25.9. The number of hydrogen-bond donors (Lipinski definition) is 0. The fourth-order valence-corrected chi connectivity index (χ4v) is 3.03. The summed E-state index contributed by atoms with van der Waals surface area (Å²) in [6.45, 7) is 7.54. The Labute approximate surface area is 149 Å². The van der Waals surface area contributed by atoms with Gasteiger partial charge in [-0.3, -0.25) is 0 Å². The first-order valence-electron chi connectivity index (χ1n) is 8.55. The van der Waals surface area contributed by atoms with Gasteiger partial charge in [0.15, 0.2) is 0 Å². The Balaban J connectivity index is 0.000000324. The van der Waals surface area contributed by atoms with Crippen molar-refractivity contribution < 1.29 is 0 Å². The molecule has 0 amide bonds.